The Balaban J connectivity index is 0.00000338. The molecule has 142 valence electrons. The van der Waals surface area contributed by atoms with Gasteiger partial charge in [0.2, 0.25) is 5.91 Å². The molecule has 2 aromatic carbocycles. The zero-order valence-corrected chi connectivity index (χ0v) is 15.0. The van der Waals surface area contributed by atoms with Crippen LogP contribution in [0.3, 0.4) is 0 Å². The fourth-order valence-corrected chi connectivity index (χ4v) is 2.33. The minimum Gasteiger partial charge on any atom is -0.326 e. The zero-order valence-electron chi connectivity index (χ0n) is 14.2. The van der Waals surface area contributed by atoms with Crippen LogP contribution in [0.5, 0.6) is 0 Å². The minimum absolute atomic E-state index is 0. The first-order valence-electron chi connectivity index (χ1n) is 7.53. The van der Waals surface area contributed by atoms with Crippen molar-refractivity contribution in [2.75, 3.05) is 5.32 Å². The highest BCUT2D eigenvalue weighted by Crippen LogP contribution is 2.33. The lowest BCUT2D eigenvalue weighted by Gasteiger charge is -2.24. The molecule has 0 unspecified atom stereocenters. The number of alkyl halides is 3. The molecule has 0 spiro atoms. The van der Waals surface area contributed by atoms with E-state index in [-0.39, 0.29) is 30.2 Å². The van der Waals surface area contributed by atoms with Crippen molar-refractivity contribution in [1.29, 1.82) is 0 Å². The topological polar surface area (TPSA) is 55.1 Å². The predicted molar refractivity (Wildman–Crippen MR) is 94.6 cm³/mol. The second kappa shape index (κ2) is 8.05. The molecule has 2 aromatic rings. The van der Waals surface area contributed by atoms with Crippen LogP contribution in [0.2, 0.25) is 0 Å². The molecule has 0 aliphatic heterocycles. The van der Waals surface area contributed by atoms with E-state index >= 15 is 0 Å². The molecule has 0 atom stereocenters. The summed E-state index contributed by atoms with van der Waals surface area (Å²) in [6, 6.07) is 8.58. The molecule has 26 heavy (non-hydrogen) atoms. The first-order chi connectivity index (χ1) is 11.5. The Morgan fingerprint density at radius 1 is 1.04 bits per heavy atom. The van der Waals surface area contributed by atoms with Gasteiger partial charge in [0.05, 0.1) is 11.0 Å². The van der Waals surface area contributed by atoms with Gasteiger partial charge in [-0.05, 0) is 55.3 Å². The van der Waals surface area contributed by atoms with Crippen molar-refractivity contribution in [3.8, 4) is 0 Å². The number of hydrogen-bond donors (Lipinski definition) is 2. The summed E-state index contributed by atoms with van der Waals surface area (Å²) < 4.78 is 52.0. The molecule has 0 fully saturated rings. The van der Waals surface area contributed by atoms with E-state index in [0.29, 0.717) is 5.56 Å². The van der Waals surface area contributed by atoms with Gasteiger partial charge in [0.15, 0.2) is 0 Å². The third-order valence-corrected chi connectivity index (χ3v) is 3.95. The van der Waals surface area contributed by atoms with E-state index < -0.39 is 28.9 Å². The van der Waals surface area contributed by atoms with Gasteiger partial charge in [-0.25, -0.2) is 4.39 Å². The Hall–Kier alpha value is -2.12. The molecule has 0 aliphatic rings. The fourth-order valence-electron chi connectivity index (χ4n) is 2.33. The average molecular weight is 391 g/mol. The van der Waals surface area contributed by atoms with E-state index in [4.69, 9.17) is 5.73 Å². The lowest BCUT2D eigenvalue weighted by molar-refractivity contribution is -0.137. The van der Waals surface area contributed by atoms with Crippen LogP contribution in [0.25, 0.3) is 0 Å². The first-order valence-corrected chi connectivity index (χ1v) is 7.53. The lowest BCUT2D eigenvalue weighted by atomic mass is 9.83. The number of nitrogens with one attached hydrogen (secondary N) is 1. The molecular formula is C18H19ClF4N2O. The quantitative estimate of drug-likeness (QED) is 0.747. The van der Waals surface area contributed by atoms with Crippen molar-refractivity contribution >= 4 is 24.0 Å². The van der Waals surface area contributed by atoms with Gasteiger partial charge in [-0.3, -0.25) is 4.79 Å². The van der Waals surface area contributed by atoms with Gasteiger partial charge in [0, 0.05) is 12.2 Å². The van der Waals surface area contributed by atoms with Crippen molar-refractivity contribution in [2.24, 2.45) is 5.73 Å². The van der Waals surface area contributed by atoms with Crippen molar-refractivity contribution in [2.45, 2.75) is 32.0 Å². The number of rotatable bonds is 4. The minimum atomic E-state index is -4.54. The summed E-state index contributed by atoms with van der Waals surface area (Å²) in [5, 5.41) is 2.49. The van der Waals surface area contributed by atoms with Gasteiger partial charge in [0.25, 0.3) is 0 Å². The monoisotopic (exact) mass is 390 g/mol. The maximum absolute atomic E-state index is 13.0. The molecule has 0 saturated carbocycles. The third kappa shape index (κ3) is 4.95. The van der Waals surface area contributed by atoms with Crippen molar-refractivity contribution < 1.29 is 22.4 Å². The molecule has 0 aliphatic carbocycles. The Morgan fingerprint density at radius 2 is 1.62 bits per heavy atom. The van der Waals surface area contributed by atoms with Crippen LogP contribution >= 0.6 is 12.4 Å². The van der Waals surface area contributed by atoms with Gasteiger partial charge in [-0.2, -0.15) is 13.2 Å². The van der Waals surface area contributed by atoms with Crippen LogP contribution < -0.4 is 11.1 Å². The van der Waals surface area contributed by atoms with Crippen LogP contribution in [0, 0.1) is 5.82 Å². The molecule has 0 radical (unpaired) electrons. The van der Waals surface area contributed by atoms with Gasteiger partial charge in [0.1, 0.15) is 5.82 Å². The van der Waals surface area contributed by atoms with Crippen LogP contribution in [-0.2, 0) is 22.9 Å². The van der Waals surface area contributed by atoms with E-state index in [1.165, 1.54) is 30.3 Å². The van der Waals surface area contributed by atoms with E-state index in [0.717, 1.165) is 12.1 Å². The normalized spacial score (nSPS) is 11.7. The summed E-state index contributed by atoms with van der Waals surface area (Å²) in [4.78, 5) is 12.6. The van der Waals surface area contributed by atoms with Gasteiger partial charge >= 0.3 is 6.18 Å². The van der Waals surface area contributed by atoms with Crippen LogP contribution in [0.4, 0.5) is 23.2 Å². The Kier molecular flexibility index (Phi) is 6.79. The zero-order chi connectivity index (χ0) is 18.8. The van der Waals surface area contributed by atoms with E-state index in [9.17, 15) is 22.4 Å². The number of carbonyl (C=O) groups is 1. The van der Waals surface area contributed by atoms with Crippen LogP contribution in [-0.4, -0.2) is 5.91 Å². The van der Waals surface area contributed by atoms with Gasteiger partial charge in [-0.1, -0.05) is 12.1 Å². The Labute approximate surface area is 155 Å². The molecule has 0 bridgehead atoms. The molecule has 3 N–H and O–H groups in total. The summed E-state index contributed by atoms with van der Waals surface area (Å²) in [6.45, 7) is 3.12. The van der Waals surface area contributed by atoms with Crippen LogP contribution in [0.1, 0.15) is 30.5 Å². The molecule has 2 rings (SSSR count). The average Bonchev–Trinajstić information content (AvgIpc) is 2.54. The van der Waals surface area contributed by atoms with E-state index in [1.807, 2.05) is 0 Å². The highest BCUT2D eigenvalue weighted by atomic mass is 35.5. The predicted octanol–water partition coefficient (Wildman–Crippen LogP) is 4.64. The van der Waals surface area contributed by atoms with Crippen molar-refractivity contribution in [3.63, 3.8) is 0 Å². The number of carbonyl (C=O) groups excluding carboxylic acids is 1. The summed E-state index contributed by atoms with van der Waals surface area (Å²) in [6.07, 6.45) is -4.54. The Morgan fingerprint density at radius 3 is 2.12 bits per heavy atom. The summed E-state index contributed by atoms with van der Waals surface area (Å²) in [5.74, 6) is -0.952. The van der Waals surface area contributed by atoms with Gasteiger partial charge < -0.3 is 11.1 Å². The number of halogens is 5. The standard InChI is InChI=1S/C18H18F4N2O.ClH/c1-17(2,12-3-5-14(19)6-4-12)16(25)24-15-8-11(10-23)7-13(9-15)18(20,21)22;/h3-9H,10,23H2,1-2H3,(H,24,25);1H. The summed E-state index contributed by atoms with van der Waals surface area (Å²) >= 11 is 0. The molecule has 0 saturated heterocycles. The molecule has 0 heterocycles. The highest BCUT2D eigenvalue weighted by molar-refractivity contribution is 5.98. The molecule has 0 aromatic heterocycles. The number of hydrogen-bond acceptors (Lipinski definition) is 2. The van der Waals surface area contributed by atoms with Crippen molar-refractivity contribution in [3.05, 3.63) is 65.0 Å². The summed E-state index contributed by atoms with van der Waals surface area (Å²) in [5.41, 5.74) is 4.29. The second-order valence-corrected chi connectivity index (χ2v) is 6.21. The smallest absolute Gasteiger partial charge is 0.326 e. The number of nitrogens with two attached hydrogens (primary N) is 1. The molecular weight excluding hydrogens is 372 g/mol. The Bertz CT molecular complexity index is 774. The fraction of sp³-hybridized carbons (Fsp3) is 0.278. The maximum atomic E-state index is 13.0. The van der Waals surface area contributed by atoms with Crippen LogP contribution in [0.15, 0.2) is 42.5 Å². The molecule has 8 heteroatoms. The molecule has 3 nitrogen and oxygen atoms in total. The maximum Gasteiger partial charge on any atom is 0.416 e. The third-order valence-electron chi connectivity index (χ3n) is 3.95. The van der Waals surface area contributed by atoms with Gasteiger partial charge in [-0.15, -0.1) is 12.4 Å². The first kappa shape index (κ1) is 21.9. The van der Waals surface area contributed by atoms with E-state index in [1.54, 1.807) is 13.8 Å². The number of anilines is 1. The molecule has 1 amide bonds. The second-order valence-electron chi connectivity index (χ2n) is 6.21. The number of benzene rings is 2. The van der Waals surface area contributed by atoms with E-state index in [2.05, 4.69) is 5.32 Å². The SMILES string of the molecule is CC(C)(C(=O)Nc1cc(CN)cc(C(F)(F)F)c1)c1ccc(F)cc1.Cl. The number of amides is 1. The largest absolute Gasteiger partial charge is 0.416 e. The van der Waals surface area contributed by atoms with Crippen molar-refractivity contribution in [1.82, 2.24) is 0 Å². The summed E-state index contributed by atoms with van der Waals surface area (Å²) in [7, 11) is 0. The highest BCUT2D eigenvalue weighted by Gasteiger charge is 2.33. The lowest BCUT2D eigenvalue weighted by Crippen LogP contribution is -2.34.